The minimum atomic E-state index is -5.13. The van der Waals surface area contributed by atoms with E-state index in [1.54, 1.807) is 0 Å². The van der Waals surface area contributed by atoms with E-state index in [9.17, 15) is 13.9 Å². The molecule has 9 nitrogen and oxygen atoms in total. The number of hydrogen-bond donors (Lipinski definition) is 4. The van der Waals surface area contributed by atoms with E-state index >= 15 is 0 Å². The zero-order valence-electron chi connectivity index (χ0n) is 5.22. The third-order valence-corrected chi connectivity index (χ3v) is 1.16. The van der Waals surface area contributed by atoms with Gasteiger partial charge in [0.25, 0.3) is 0 Å². The number of phosphoric acid groups is 2. The molecule has 0 radical (unpaired) electrons. The van der Waals surface area contributed by atoms with Gasteiger partial charge >= 0.3 is 324 Å². The predicted octanol–water partition coefficient (Wildman–Crippen LogP) is -8.00. The Bertz CT molecular complexity index is 247. The molecule has 0 saturated carbocycles. The van der Waals surface area contributed by atoms with E-state index in [0.717, 1.165) is 0 Å². The fourth-order valence-electron chi connectivity index (χ4n) is 0.211. The summed E-state index contributed by atoms with van der Waals surface area (Å²) in [5.74, 6) is 0. The first-order valence-electron chi connectivity index (χ1n) is 2.14. The van der Waals surface area contributed by atoms with Gasteiger partial charge in [-0.25, -0.2) is 13.9 Å². The SMILES string of the molecule is O=C(OP(=O)(O)O)OP(=O)(O)O.[CaH2].[CaH2].[CaH2].[CaH2].[CaH2].[CaH2].[CaH2].[CaH2]. The Morgan fingerprint density at radius 3 is 0.850 bits per heavy atom. The molecule has 0 aliphatic heterocycles. The fraction of sp³-hybridized carbons (Fsp3) is 0. The van der Waals surface area contributed by atoms with Crippen LogP contribution in [0.15, 0.2) is 0 Å². The summed E-state index contributed by atoms with van der Waals surface area (Å²) in [5.41, 5.74) is 0. The molecule has 0 aliphatic carbocycles. The van der Waals surface area contributed by atoms with Gasteiger partial charge in [0.2, 0.25) is 0 Å². The molecule has 20 heavy (non-hydrogen) atoms. The Hall–Kier alpha value is 9.65. The average molecular weight is 559 g/mol. The molecule has 0 aromatic carbocycles. The third-order valence-electron chi connectivity index (χ3n) is 0.387. The molecule has 19 heteroatoms. The van der Waals surface area contributed by atoms with Crippen LogP contribution in [-0.2, 0) is 18.2 Å². The minimum absolute atomic E-state index is 0. The molecule has 0 heterocycles. The summed E-state index contributed by atoms with van der Waals surface area (Å²) in [7, 11) is -10.3. The second kappa shape index (κ2) is 30.8. The van der Waals surface area contributed by atoms with Crippen molar-refractivity contribution in [3.63, 3.8) is 0 Å². The molecule has 0 bridgehead atoms. The van der Waals surface area contributed by atoms with Crippen molar-refractivity contribution in [2.75, 3.05) is 0 Å². The zero-order valence-corrected chi connectivity index (χ0v) is 7.01. The van der Waals surface area contributed by atoms with Gasteiger partial charge in [-0.2, -0.15) is 0 Å². The van der Waals surface area contributed by atoms with Crippen LogP contribution in [0.5, 0.6) is 0 Å². The van der Waals surface area contributed by atoms with Gasteiger partial charge in [0.05, 0.1) is 0 Å². The van der Waals surface area contributed by atoms with E-state index in [2.05, 4.69) is 9.05 Å². The monoisotopic (exact) mass is 558 g/mol. The molecular weight excluding hydrogens is 539 g/mol. The van der Waals surface area contributed by atoms with Gasteiger partial charge in [-0.1, -0.05) is 0 Å². The molecule has 0 spiro atoms. The molecule has 0 aliphatic rings. The third kappa shape index (κ3) is 50.9. The molecule has 4 N–H and O–H groups in total. The summed E-state index contributed by atoms with van der Waals surface area (Å²) >= 11 is 0. The van der Waals surface area contributed by atoms with E-state index in [-0.39, 0.29) is 302 Å². The van der Waals surface area contributed by atoms with E-state index in [1.807, 2.05) is 0 Å². The van der Waals surface area contributed by atoms with Crippen LogP contribution in [0.2, 0.25) is 0 Å². The van der Waals surface area contributed by atoms with Gasteiger partial charge in [-0.3, -0.25) is 19.6 Å². The zero-order chi connectivity index (χ0) is 9.99. The van der Waals surface area contributed by atoms with Crippen LogP contribution in [0.4, 0.5) is 4.79 Å². The quantitative estimate of drug-likeness (QED) is 0.191. The Morgan fingerprint density at radius 2 is 0.750 bits per heavy atom. The van der Waals surface area contributed by atoms with Crippen LogP contribution in [-0.4, -0.2) is 328 Å². The Morgan fingerprint density at radius 1 is 0.600 bits per heavy atom. The number of phosphoric ester groups is 2. The molecule has 0 unspecified atom stereocenters. The van der Waals surface area contributed by atoms with Gasteiger partial charge in [-0.15, -0.1) is 0 Å². The summed E-state index contributed by atoms with van der Waals surface area (Å²) in [6, 6.07) is 0. The van der Waals surface area contributed by atoms with Crippen LogP contribution < -0.4 is 0 Å². The van der Waals surface area contributed by atoms with Crippen molar-refractivity contribution in [3.8, 4) is 0 Å². The summed E-state index contributed by atoms with van der Waals surface area (Å²) in [6.45, 7) is 0. The van der Waals surface area contributed by atoms with Crippen molar-refractivity contribution in [3.05, 3.63) is 0 Å². The van der Waals surface area contributed by atoms with Crippen LogP contribution in [0.1, 0.15) is 0 Å². The molecule has 0 fully saturated rings. The number of carbonyl (C=O) groups excluding carboxylic acids is 1. The molecule has 0 aromatic rings. The first-order valence-corrected chi connectivity index (χ1v) is 5.20. The van der Waals surface area contributed by atoms with Crippen molar-refractivity contribution in [1.82, 2.24) is 0 Å². The molecule has 0 aromatic heterocycles. The van der Waals surface area contributed by atoms with Gasteiger partial charge in [-0.05, 0) is 0 Å². The second-order valence-electron chi connectivity index (χ2n) is 1.41. The van der Waals surface area contributed by atoms with Crippen molar-refractivity contribution < 1.29 is 42.5 Å². The van der Waals surface area contributed by atoms with Crippen LogP contribution in [0.3, 0.4) is 0 Å². The summed E-state index contributed by atoms with van der Waals surface area (Å²) < 4.78 is 25.9. The van der Waals surface area contributed by atoms with Gasteiger partial charge in [0.1, 0.15) is 0 Å². The Labute approximate surface area is 354 Å². The van der Waals surface area contributed by atoms with Crippen LogP contribution in [0, 0.1) is 0 Å². The number of hydrogen-bond acceptors (Lipinski definition) is 5. The normalized spacial score (nSPS) is 7.40. The van der Waals surface area contributed by atoms with Gasteiger partial charge in [0.15, 0.2) is 0 Å². The summed E-state index contributed by atoms with van der Waals surface area (Å²) in [6.07, 6.45) is -2.14. The van der Waals surface area contributed by atoms with Gasteiger partial charge < -0.3 is 9.05 Å². The van der Waals surface area contributed by atoms with Crippen molar-refractivity contribution >= 4 is 324 Å². The average Bonchev–Trinajstić information content (AvgIpc) is 1.49. The topological polar surface area (TPSA) is 151 Å². The molecule has 0 amide bonds. The van der Waals surface area contributed by atoms with E-state index < -0.39 is 21.8 Å². The second-order valence-corrected chi connectivity index (χ2v) is 3.74. The Balaban J connectivity index is -0.0000000216. The maximum absolute atomic E-state index is 10.0. The Kier molecular flexibility index (Phi) is 88.0. The first kappa shape index (κ1) is 57.1. The molecular formula is CH20Ca8O9P2. The summed E-state index contributed by atoms with van der Waals surface area (Å²) in [4.78, 5) is 41.7. The summed E-state index contributed by atoms with van der Waals surface area (Å²) in [5, 5.41) is 0. The van der Waals surface area contributed by atoms with Crippen molar-refractivity contribution in [2.24, 2.45) is 0 Å². The maximum atomic E-state index is 10.0. The molecule has 0 atom stereocenters. The molecule has 0 saturated heterocycles. The van der Waals surface area contributed by atoms with Crippen LogP contribution in [0.25, 0.3) is 0 Å². The van der Waals surface area contributed by atoms with E-state index in [4.69, 9.17) is 19.6 Å². The van der Waals surface area contributed by atoms with Crippen molar-refractivity contribution in [1.29, 1.82) is 0 Å². The standard InChI is InChI=1S/CH4O9P2.8Ca.16H/c2-1(9-11(3,4)5)10-12(6,7)8;;;;;;;;;;;;;;;;;;;;;;;;/h(H2,3,4,5)(H2,6,7,8);;;;;;;;;;;;;;;;;;;;;;;;. The number of rotatable bonds is 2. The molecule has 104 valence electrons. The first-order chi connectivity index (χ1) is 5.10. The molecule has 0 rings (SSSR count). The number of carbonyl (C=O) groups is 1. The van der Waals surface area contributed by atoms with E-state index in [0.29, 0.717) is 0 Å². The fourth-order valence-corrected chi connectivity index (χ4v) is 0.733. The van der Waals surface area contributed by atoms with Crippen LogP contribution >= 0.6 is 15.6 Å². The predicted molar refractivity (Wildman–Crippen MR) is 100 cm³/mol. The van der Waals surface area contributed by atoms with E-state index in [1.165, 1.54) is 0 Å². The van der Waals surface area contributed by atoms with Gasteiger partial charge in [0, 0.05) is 0 Å². The van der Waals surface area contributed by atoms with Crippen molar-refractivity contribution in [2.45, 2.75) is 0 Å².